The highest BCUT2D eigenvalue weighted by molar-refractivity contribution is 8.00. The van der Waals surface area contributed by atoms with E-state index >= 15 is 0 Å². The molecule has 1 aromatic carbocycles. The molecular formula is C31H45ClN4O6SSi2. The third kappa shape index (κ3) is 5.50. The van der Waals surface area contributed by atoms with E-state index in [1.165, 1.54) is 13.4 Å². The Kier molecular flexibility index (Phi) is 9.99. The summed E-state index contributed by atoms with van der Waals surface area (Å²) in [5.41, 5.74) is 2.63. The number of carbonyl (C=O) groups is 1. The second-order valence-electron chi connectivity index (χ2n) is 13.1. The smallest absolute Gasteiger partial charge is 0.342 e. The second kappa shape index (κ2) is 13.1. The Balaban J connectivity index is 1.66. The summed E-state index contributed by atoms with van der Waals surface area (Å²) in [6, 6.07) is 5.07. The summed E-state index contributed by atoms with van der Waals surface area (Å²) >= 11 is 8.29. The topological polar surface area (TPSA) is 107 Å². The van der Waals surface area contributed by atoms with E-state index in [4.69, 9.17) is 34.7 Å². The number of fused-ring (bicyclic) bond motifs is 2. The van der Waals surface area contributed by atoms with Gasteiger partial charge in [0.25, 0.3) is 0 Å². The van der Waals surface area contributed by atoms with Crippen molar-refractivity contribution in [3.8, 4) is 11.5 Å². The number of methoxy groups -OCH3 is 2. The molecule has 2 aromatic heterocycles. The number of esters is 1. The summed E-state index contributed by atoms with van der Waals surface area (Å²) in [6.07, 6.45) is 1.98. The fourth-order valence-corrected chi connectivity index (χ4v) is 31.7. The van der Waals surface area contributed by atoms with E-state index < -0.39 is 39.2 Å². The quantitative estimate of drug-likeness (QED) is 0.128. The first-order valence-corrected chi connectivity index (χ1v) is 22.0. The van der Waals surface area contributed by atoms with Crippen molar-refractivity contribution in [2.45, 2.75) is 100 Å². The zero-order valence-electron chi connectivity index (χ0n) is 27.7. The summed E-state index contributed by atoms with van der Waals surface area (Å²) in [4.78, 5) is 27.1. The first-order valence-electron chi connectivity index (χ1n) is 15.6. The van der Waals surface area contributed by atoms with Gasteiger partial charge in [-0.2, -0.15) is 0 Å². The van der Waals surface area contributed by atoms with Crippen molar-refractivity contribution in [1.82, 2.24) is 19.5 Å². The number of imidazole rings is 1. The molecule has 0 bridgehead atoms. The lowest BCUT2D eigenvalue weighted by Crippen LogP contribution is -2.73. The molecule has 2 fully saturated rings. The number of aromatic nitrogens is 4. The summed E-state index contributed by atoms with van der Waals surface area (Å²) < 4.78 is 34.5. The molecular weight excluding hydrogens is 648 g/mol. The minimum Gasteiger partial charge on any atom is -0.497 e. The average Bonchev–Trinajstić information content (AvgIpc) is 3.52. The number of thioether (sulfide) groups is 1. The monoisotopic (exact) mass is 692 g/mol. The van der Waals surface area contributed by atoms with Gasteiger partial charge in [0.1, 0.15) is 34.3 Å². The van der Waals surface area contributed by atoms with Crippen LogP contribution in [0.25, 0.3) is 11.2 Å². The molecule has 0 aliphatic carbocycles. The van der Waals surface area contributed by atoms with E-state index in [2.05, 4.69) is 70.3 Å². The first-order chi connectivity index (χ1) is 21.3. The zero-order chi connectivity index (χ0) is 32.8. The molecule has 0 saturated carbocycles. The Labute approximate surface area is 276 Å². The van der Waals surface area contributed by atoms with Crippen molar-refractivity contribution in [3.05, 3.63) is 41.6 Å². The number of nitrogens with zero attached hydrogens (tertiary/aromatic N) is 4. The number of hydrogen-bond donors (Lipinski definition) is 0. The molecule has 4 heterocycles. The Morgan fingerprint density at radius 3 is 2.24 bits per heavy atom. The van der Waals surface area contributed by atoms with Gasteiger partial charge < -0.3 is 27.6 Å². The van der Waals surface area contributed by atoms with Gasteiger partial charge in [-0.1, -0.05) is 67.0 Å². The Bertz CT molecular complexity index is 1520. The normalized spacial score (nSPS) is 24.3. The number of ether oxygens (including phenoxy) is 3. The van der Waals surface area contributed by atoms with E-state index in [-0.39, 0.29) is 21.5 Å². The van der Waals surface area contributed by atoms with Gasteiger partial charge in [-0.05, 0) is 34.3 Å². The van der Waals surface area contributed by atoms with Crippen molar-refractivity contribution in [3.63, 3.8) is 0 Å². The number of hydrogen-bond acceptors (Lipinski definition) is 10. The first kappa shape index (κ1) is 34.2. The van der Waals surface area contributed by atoms with Crippen LogP contribution in [0.1, 0.15) is 71.1 Å². The van der Waals surface area contributed by atoms with Crippen LogP contribution in [0.5, 0.6) is 11.5 Å². The molecule has 14 heteroatoms. The molecule has 0 amide bonds. The Hall–Kier alpha value is -2.17. The molecule has 45 heavy (non-hydrogen) atoms. The van der Waals surface area contributed by atoms with Crippen LogP contribution in [0.15, 0.2) is 30.9 Å². The van der Waals surface area contributed by atoms with Gasteiger partial charge in [0, 0.05) is 12.7 Å². The number of halogens is 1. The SMILES string of the molecule is COc1ccc(C(=O)O[C@@H]2[C@@H]3O[Si](C(C)C)(C(C)C)[Si](C(C)C)(C(C)C)OC[C@H]3S[C@H]2n2cnc3ncnc(Cl)c32)c(OC)c1. The number of benzene rings is 1. The lowest BCUT2D eigenvalue weighted by molar-refractivity contribution is -0.0146. The van der Waals surface area contributed by atoms with Crippen LogP contribution in [0, 0.1) is 0 Å². The van der Waals surface area contributed by atoms with Crippen LogP contribution in [0.2, 0.25) is 27.3 Å². The van der Waals surface area contributed by atoms with Crippen LogP contribution in [-0.2, 0) is 13.6 Å². The Morgan fingerprint density at radius 1 is 0.978 bits per heavy atom. The van der Waals surface area contributed by atoms with Crippen LogP contribution >= 0.6 is 23.4 Å². The maximum Gasteiger partial charge on any atom is 0.342 e. The van der Waals surface area contributed by atoms with Crippen molar-refractivity contribution >= 4 is 56.2 Å². The summed E-state index contributed by atoms with van der Waals surface area (Å²) in [5.74, 6) is 0.436. The molecule has 10 nitrogen and oxygen atoms in total. The lowest BCUT2D eigenvalue weighted by atomic mass is 10.1. The summed E-state index contributed by atoms with van der Waals surface area (Å²) in [7, 11) is -2.06. The number of rotatable bonds is 9. The highest BCUT2D eigenvalue weighted by Crippen LogP contribution is 2.57. The fraction of sp³-hybridized carbons (Fsp3) is 0.613. The minimum atomic E-state index is -2.67. The molecule has 0 radical (unpaired) electrons. The highest BCUT2D eigenvalue weighted by atomic mass is 35.5. The minimum absolute atomic E-state index is 0.0948. The van der Waals surface area contributed by atoms with Gasteiger partial charge in [-0.25, -0.2) is 19.7 Å². The fourth-order valence-electron chi connectivity index (χ4n) is 7.91. The molecule has 246 valence electrons. The molecule has 0 unspecified atom stereocenters. The molecule has 5 rings (SSSR count). The van der Waals surface area contributed by atoms with Crippen LogP contribution < -0.4 is 9.47 Å². The van der Waals surface area contributed by atoms with Crippen molar-refractivity contribution in [2.24, 2.45) is 0 Å². The van der Waals surface area contributed by atoms with Gasteiger partial charge >= 0.3 is 5.97 Å². The third-order valence-electron chi connectivity index (χ3n) is 9.61. The van der Waals surface area contributed by atoms with E-state index in [1.54, 1.807) is 43.4 Å². The van der Waals surface area contributed by atoms with Crippen molar-refractivity contribution in [1.29, 1.82) is 0 Å². The molecule has 4 atom stereocenters. The molecule has 2 aliphatic heterocycles. The predicted octanol–water partition coefficient (Wildman–Crippen LogP) is 7.36. The summed E-state index contributed by atoms with van der Waals surface area (Å²) in [6.45, 7) is 18.9. The molecule has 0 N–H and O–H groups in total. The van der Waals surface area contributed by atoms with E-state index in [0.29, 0.717) is 45.9 Å². The van der Waals surface area contributed by atoms with Gasteiger partial charge in [-0.3, -0.25) is 0 Å². The van der Waals surface area contributed by atoms with Crippen molar-refractivity contribution < 1.29 is 27.9 Å². The maximum atomic E-state index is 14.1. The Morgan fingerprint density at radius 2 is 1.64 bits per heavy atom. The average molecular weight is 693 g/mol. The standard InChI is InChI=1S/C31H45ClN4O6SSi2/c1-17(2)44(18(3)4)40-14-24-26(42-45(44,19(5)6)20(7)8)27(41-31(37)22-12-11-21(38-9)13-23(22)39-10)30(43-24)36-16-35-29-25(36)28(32)33-15-34-29/h11-13,15-20,24,26-27,30H,14H2,1-10H3/t24-,26-,27-,30-/m1/s1. The molecule has 2 saturated heterocycles. The van der Waals surface area contributed by atoms with Crippen LogP contribution in [-0.4, -0.2) is 79.4 Å². The molecule has 0 spiro atoms. The summed E-state index contributed by atoms with van der Waals surface area (Å²) in [5, 5.41) is -0.227. The van der Waals surface area contributed by atoms with E-state index in [0.717, 1.165) is 0 Å². The largest absolute Gasteiger partial charge is 0.497 e. The second-order valence-corrected chi connectivity index (χ2v) is 27.8. The van der Waals surface area contributed by atoms with Crippen LogP contribution in [0.4, 0.5) is 0 Å². The molecule has 3 aromatic rings. The predicted molar refractivity (Wildman–Crippen MR) is 182 cm³/mol. The van der Waals surface area contributed by atoms with Gasteiger partial charge in [0.15, 0.2) is 16.9 Å². The van der Waals surface area contributed by atoms with E-state index in [1.807, 2.05) is 4.57 Å². The van der Waals surface area contributed by atoms with Crippen molar-refractivity contribution in [2.75, 3.05) is 20.8 Å². The van der Waals surface area contributed by atoms with Gasteiger partial charge in [-0.15, -0.1) is 11.8 Å². The number of carbonyl (C=O) groups excluding carboxylic acids is 1. The maximum absolute atomic E-state index is 14.1. The van der Waals surface area contributed by atoms with Gasteiger partial charge in [0.2, 0.25) is 15.7 Å². The van der Waals surface area contributed by atoms with E-state index in [9.17, 15) is 4.79 Å². The third-order valence-corrected chi connectivity index (χ3v) is 32.2. The zero-order valence-corrected chi connectivity index (χ0v) is 31.3. The molecule has 2 aliphatic rings. The van der Waals surface area contributed by atoms with Gasteiger partial charge in [0.05, 0.1) is 31.9 Å². The van der Waals surface area contributed by atoms with Crippen LogP contribution in [0.3, 0.4) is 0 Å². The highest BCUT2D eigenvalue weighted by Gasteiger charge is 2.69. The lowest BCUT2D eigenvalue weighted by Gasteiger charge is -2.54.